The second-order valence-corrected chi connectivity index (χ2v) is 6.55. The van der Waals surface area contributed by atoms with Crippen LogP contribution in [0.15, 0.2) is 48.5 Å². The Morgan fingerprint density at radius 2 is 1.75 bits per heavy atom. The van der Waals surface area contributed by atoms with Crippen LogP contribution < -0.4 is 10.6 Å². The highest BCUT2D eigenvalue weighted by Crippen LogP contribution is 2.17. The number of benzene rings is 2. The van der Waals surface area contributed by atoms with Crippen LogP contribution in [0.25, 0.3) is 0 Å². The minimum Gasteiger partial charge on any atom is -0.380 e. The van der Waals surface area contributed by atoms with Gasteiger partial charge in [0.1, 0.15) is 0 Å². The van der Waals surface area contributed by atoms with Crippen LogP contribution in [0.5, 0.6) is 0 Å². The maximum absolute atomic E-state index is 12.5. The maximum Gasteiger partial charge on any atom is 0.321 e. The highest BCUT2D eigenvalue weighted by molar-refractivity contribution is 5.94. The SMILES string of the molecule is CCN(CC)C(=O)Nc1ccc(C(C)NC(=O)c2cccc(COC)c2)cc1. The van der Waals surface area contributed by atoms with Gasteiger partial charge in [-0.25, -0.2) is 4.79 Å². The summed E-state index contributed by atoms with van der Waals surface area (Å²) in [6.45, 7) is 7.62. The molecule has 0 aliphatic heterocycles. The van der Waals surface area contributed by atoms with Crippen molar-refractivity contribution >= 4 is 17.6 Å². The lowest BCUT2D eigenvalue weighted by molar-refractivity contribution is 0.0939. The highest BCUT2D eigenvalue weighted by atomic mass is 16.5. The third-order valence-electron chi connectivity index (χ3n) is 4.56. The van der Waals surface area contributed by atoms with Crippen molar-refractivity contribution in [2.45, 2.75) is 33.4 Å². The van der Waals surface area contributed by atoms with Crippen LogP contribution in [0.4, 0.5) is 10.5 Å². The second kappa shape index (κ2) is 10.5. The number of nitrogens with zero attached hydrogens (tertiary/aromatic N) is 1. The Morgan fingerprint density at radius 3 is 2.36 bits per heavy atom. The van der Waals surface area contributed by atoms with Crippen LogP contribution in [0, 0.1) is 0 Å². The van der Waals surface area contributed by atoms with Crippen molar-refractivity contribution < 1.29 is 14.3 Å². The second-order valence-electron chi connectivity index (χ2n) is 6.55. The molecule has 0 saturated heterocycles. The lowest BCUT2D eigenvalue weighted by Crippen LogP contribution is -2.34. The smallest absolute Gasteiger partial charge is 0.321 e. The first-order valence-corrected chi connectivity index (χ1v) is 9.53. The van der Waals surface area contributed by atoms with Crippen LogP contribution >= 0.6 is 0 Å². The summed E-state index contributed by atoms with van der Waals surface area (Å²) in [5, 5.41) is 5.89. The molecule has 3 amide bonds. The topological polar surface area (TPSA) is 70.7 Å². The van der Waals surface area contributed by atoms with Gasteiger partial charge in [0.05, 0.1) is 12.6 Å². The largest absolute Gasteiger partial charge is 0.380 e. The third kappa shape index (κ3) is 5.82. The first-order valence-electron chi connectivity index (χ1n) is 9.53. The van der Waals surface area contributed by atoms with Gasteiger partial charge in [-0.2, -0.15) is 0 Å². The van der Waals surface area contributed by atoms with E-state index in [0.717, 1.165) is 16.8 Å². The zero-order valence-electron chi connectivity index (χ0n) is 17.0. The maximum atomic E-state index is 12.5. The van der Waals surface area contributed by atoms with Gasteiger partial charge in [-0.15, -0.1) is 0 Å². The average Bonchev–Trinajstić information content (AvgIpc) is 2.70. The van der Waals surface area contributed by atoms with E-state index in [1.165, 1.54) is 0 Å². The van der Waals surface area contributed by atoms with E-state index in [-0.39, 0.29) is 18.0 Å². The molecular weight excluding hydrogens is 354 g/mol. The molecular formula is C22H29N3O3. The predicted molar refractivity (Wildman–Crippen MR) is 111 cm³/mol. The molecule has 0 aromatic heterocycles. The van der Waals surface area contributed by atoms with E-state index in [0.29, 0.717) is 25.3 Å². The molecule has 0 aliphatic rings. The number of hydrogen-bond donors (Lipinski definition) is 2. The number of carbonyl (C=O) groups excluding carboxylic acids is 2. The van der Waals surface area contributed by atoms with E-state index in [2.05, 4.69) is 10.6 Å². The first-order chi connectivity index (χ1) is 13.5. The molecule has 0 bridgehead atoms. The lowest BCUT2D eigenvalue weighted by Gasteiger charge is -2.20. The number of ether oxygens (including phenoxy) is 1. The van der Waals surface area contributed by atoms with Gasteiger partial charge in [-0.3, -0.25) is 4.79 Å². The molecule has 2 aromatic rings. The Kier molecular flexibility index (Phi) is 8.02. The van der Waals surface area contributed by atoms with Gasteiger partial charge in [-0.05, 0) is 56.2 Å². The fourth-order valence-electron chi connectivity index (χ4n) is 2.90. The van der Waals surface area contributed by atoms with Crippen LogP contribution in [-0.2, 0) is 11.3 Å². The van der Waals surface area contributed by atoms with E-state index in [1.807, 2.05) is 63.2 Å². The summed E-state index contributed by atoms with van der Waals surface area (Å²) < 4.78 is 5.12. The Morgan fingerprint density at radius 1 is 1.07 bits per heavy atom. The van der Waals surface area contributed by atoms with Gasteiger partial charge >= 0.3 is 6.03 Å². The van der Waals surface area contributed by atoms with Gasteiger partial charge in [-0.1, -0.05) is 24.3 Å². The molecule has 1 unspecified atom stereocenters. The van der Waals surface area contributed by atoms with E-state index >= 15 is 0 Å². The number of nitrogens with one attached hydrogen (secondary N) is 2. The highest BCUT2D eigenvalue weighted by Gasteiger charge is 2.13. The summed E-state index contributed by atoms with van der Waals surface area (Å²) in [5.41, 5.74) is 3.24. The Hall–Kier alpha value is -2.86. The van der Waals surface area contributed by atoms with Crippen LogP contribution in [0.3, 0.4) is 0 Å². The number of urea groups is 1. The Labute approximate surface area is 166 Å². The van der Waals surface area contributed by atoms with Crippen LogP contribution in [0.1, 0.15) is 48.3 Å². The van der Waals surface area contributed by atoms with Crippen molar-refractivity contribution in [1.29, 1.82) is 0 Å². The fraction of sp³-hybridized carbons (Fsp3) is 0.364. The molecule has 2 aromatic carbocycles. The fourth-order valence-corrected chi connectivity index (χ4v) is 2.90. The summed E-state index contributed by atoms with van der Waals surface area (Å²) >= 11 is 0. The number of carbonyl (C=O) groups is 2. The van der Waals surface area contributed by atoms with Gasteiger partial charge in [0, 0.05) is 31.5 Å². The van der Waals surface area contributed by atoms with Gasteiger partial charge in [0.25, 0.3) is 5.91 Å². The minimum atomic E-state index is -0.161. The molecule has 0 spiro atoms. The monoisotopic (exact) mass is 383 g/mol. The summed E-state index contributed by atoms with van der Waals surface area (Å²) in [4.78, 5) is 26.4. The average molecular weight is 383 g/mol. The van der Waals surface area contributed by atoms with Crippen molar-refractivity contribution in [2.75, 3.05) is 25.5 Å². The first kappa shape index (κ1) is 21.4. The summed E-state index contributed by atoms with van der Waals surface area (Å²) in [6.07, 6.45) is 0. The van der Waals surface area contributed by atoms with E-state index < -0.39 is 0 Å². The number of anilines is 1. The molecule has 0 saturated carbocycles. The molecule has 150 valence electrons. The summed E-state index contributed by atoms with van der Waals surface area (Å²) in [7, 11) is 1.63. The van der Waals surface area contributed by atoms with Crippen LogP contribution in [-0.4, -0.2) is 37.0 Å². The minimum absolute atomic E-state index is 0.116. The quantitative estimate of drug-likeness (QED) is 0.718. The predicted octanol–water partition coefficient (Wildman–Crippen LogP) is 4.20. The standard InChI is InChI=1S/C22H29N3O3/c1-5-25(6-2)22(27)24-20-12-10-18(11-13-20)16(3)23-21(26)19-9-7-8-17(14-19)15-28-4/h7-14,16H,5-6,15H2,1-4H3,(H,23,26)(H,24,27). The van der Waals surface area contributed by atoms with Crippen molar-refractivity contribution in [2.24, 2.45) is 0 Å². The molecule has 2 N–H and O–H groups in total. The van der Waals surface area contributed by atoms with Crippen molar-refractivity contribution in [1.82, 2.24) is 10.2 Å². The number of rotatable bonds is 8. The molecule has 6 heteroatoms. The molecule has 0 fully saturated rings. The van der Waals surface area contributed by atoms with E-state index in [1.54, 1.807) is 18.1 Å². The Balaban J connectivity index is 1.99. The molecule has 2 rings (SSSR count). The zero-order chi connectivity index (χ0) is 20.5. The number of hydrogen-bond acceptors (Lipinski definition) is 3. The van der Waals surface area contributed by atoms with Crippen molar-refractivity contribution in [3.05, 3.63) is 65.2 Å². The molecule has 1 atom stereocenters. The van der Waals surface area contributed by atoms with Gasteiger partial charge in [0.15, 0.2) is 0 Å². The summed E-state index contributed by atoms with van der Waals surface area (Å²) in [6, 6.07) is 14.6. The normalized spacial score (nSPS) is 11.6. The summed E-state index contributed by atoms with van der Waals surface area (Å²) in [5.74, 6) is -0.135. The lowest BCUT2D eigenvalue weighted by atomic mass is 10.1. The molecule has 28 heavy (non-hydrogen) atoms. The molecule has 6 nitrogen and oxygen atoms in total. The number of amides is 3. The van der Waals surface area contributed by atoms with Gasteiger partial charge < -0.3 is 20.3 Å². The van der Waals surface area contributed by atoms with E-state index in [4.69, 9.17) is 4.74 Å². The van der Waals surface area contributed by atoms with Crippen LogP contribution in [0.2, 0.25) is 0 Å². The molecule has 0 aliphatic carbocycles. The third-order valence-corrected chi connectivity index (χ3v) is 4.56. The number of methoxy groups -OCH3 is 1. The zero-order valence-corrected chi connectivity index (χ0v) is 17.0. The molecule has 0 radical (unpaired) electrons. The van der Waals surface area contributed by atoms with Crippen molar-refractivity contribution in [3.63, 3.8) is 0 Å². The van der Waals surface area contributed by atoms with E-state index in [9.17, 15) is 9.59 Å². The molecule has 0 heterocycles. The van der Waals surface area contributed by atoms with Gasteiger partial charge in [0.2, 0.25) is 0 Å². The Bertz CT molecular complexity index is 786. The van der Waals surface area contributed by atoms with Crippen molar-refractivity contribution in [3.8, 4) is 0 Å².